The highest BCUT2D eigenvalue weighted by Gasteiger charge is 2.53. The second kappa shape index (κ2) is 11.9. The summed E-state index contributed by atoms with van der Waals surface area (Å²) in [5.41, 5.74) is 5.44. The van der Waals surface area contributed by atoms with Crippen LogP contribution in [0.4, 0.5) is 5.82 Å². The number of aromatic amines is 1. The Bertz CT molecular complexity index is 1800. The smallest absolute Gasteiger partial charge is 0.394 e. The summed E-state index contributed by atoms with van der Waals surface area (Å²) in [7, 11) is -8.41. The van der Waals surface area contributed by atoms with Crippen molar-refractivity contribution in [2.24, 2.45) is 0 Å². The largest absolute Gasteiger partial charge is 0.695 e. The van der Waals surface area contributed by atoms with Gasteiger partial charge in [-0.05, 0) is 0 Å². The van der Waals surface area contributed by atoms with E-state index in [-0.39, 0.29) is 28.3 Å². The second-order valence-electron chi connectivity index (χ2n) is 9.59. The van der Waals surface area contributed by atoms with Crippen molar-refractivity contribution in [3.63, 3.8) is 0 Å². The SMILES string of the molecule is Nc1ncnc2c1ncn2[C@@H]1O[C@H](COP(=O)(O)O[C@@H]2[C@H](O)[C@@H](CO)O[C@H]2c2cnc3c(=O)[nH]cnn23)[C@@H](O[P+](=O)O)[C@H]1O. The quantitative estimate of drug-likeness (QED) is 0.0859. The first kappa shape index (κ1) is 30.6. The number of imidazole rings is 2. The molecule has 2 unspecified atom stereocenters. The first-order valence-corrected chi connectivity index (χ1v) is 15.2. The zero-order valence-corrected chi connectivity index (χ0v) is 23.7. The van der Waals surface area contributed by atoms with E-state index in [1.54, 1.807) is 0 Å². The van der Waals surface area contributed by atoms with Gasteiger partial charge in [0.2, 0.25) is 5.65 Å². The molecule has 0 aliphatic carbocycles. The van der Waals surface area contributed by atoms with E-state index in [0.29, 0.717) is 0 Å². The van der Waals surface area contributed by atoms with Gasteiger partial charge in [-0.25, -0.2) is 29.0 Å². The molecule has 0 bridgehead atoms. The fourth-order valence-corrected chi connectivity index (χ4v) is 6.42. The van der Waals surface area contributed by atoms with Crippen molar-refractivity contribution in [1.82, 2.24) is 39.1 Å². The molecule has 236 valence electrons. The lowest BCUT2D eigenvalue weighted by Gasteiger charge is -2.24. The van der Waals surface area contributed by atoms with Crippen LogP contribution in [0.1, 0.15) is 18.0 Å². The average molecular weight is 660 g/mol. The fourth-order valence-electron chi connectivity index (χ4n) is 5.01. The molecule has 0 radical (unpaired) electrons. The lowest BCUT2D eigenvalue weighted by molar-refractivity contribution is -0.0549. The summed E-state index contributed by atoms with van der Waals surface area (Å²) in [5, 5.41) is 35.3. The van der Waals surface area contributed by atoms with Crippen LogP contribution in [0.25, 0.3) is 16.8 Å². The zero-order chi connectivity index (χ0) is 31.3. The van der Waals surface area contributed by atoms with Crippen molar-refractivity contribution in [1.29, 1.82) is 0 Å². The number of nitrogens with zero attached hydrogens (tertiary/aromatic N) is 7. The minimum atomic E-state index is -5.13. The summed E-state index contributed by atoms with van der Waals surface area (Å²) >= 11 is 0. The predicted octanol–water partition coefficient (Wildman–Crippen LogP) is -2.57. The van der Waals surface area contributed by atoms with Gasteiger partial charge in [0.25, 0.3) is 5.56 Å². The van der Waals surface area contributed by atoms with E-state index < -0.39 is 83.8 Å². The number of nitrogens with two attached hydrogens (primary N) is 1. The molecule has 8 N–H and O–H groups in total. The Kier molecular flexibility index (Phi) is 8.26. The van der Waals surface area contributed by atoms with Crippen molar-refractivity contribution in [3.05, 3.63) is 41.2 Å². The maximum atomic E-state index is 13.1. The Balaban J connectivity index is 1.22. The van der Waals surface area contributed by atoms with Gasteiger partial charge in [-0.2, -0.15) is 5.10 Å². The maximum Gasteiger partial charge on any atom is 0.695 e. The van der Waals surface area contributed by atoms with E-state index in [4.69, 9.17) is 28.8 Å². The van der Waals surface area contributed by atoms with Gasteiger partial charge in [-0.3, -0.25) is 18.4 Å². The van der Waals surface area contributed by atoms with Crippen LogP contribution >= 0.6 is 16.1 Å². The Morgan fingerprint density at radius 2 is 1.91 bits per heavy atom. The standard InChI is InChI=1S/C20H23N9O13P2/c21-16-10-17(24-4-23-16)28(6-26-10)20-12(32)14(41-43(34)35)9(40-20)3-38-44(36,37)42-15-11(31)8(2-30)39-13(15)7-1-22-18-19(33)25-5-27-29(7)18/h1,4-6,8-9,11-15,20,30-32H,2-3H2,(H4-,21,23,24,25,27,33,34,35,36,37)/p+1/t8-,9-,11-,12-,13+,14-,15-,20-/m1/s1. The molecule has 2 aliphatic heterocycles. The minimum Gasteiger partial charge on any atom is -0.394 e. The minimum absolute atomic E-state index is 0.0389. The van der Waals surface area contributed by atoms with Crippen LogP contribution < -0.4 is 11.3 Å². The van der Waals surface area contributed by atoms with Gasteiger partial charge in [0.1, 0.15) is 54.8 Å². The van der Waals surface area contributed by atoms with Crippen molar-refractivity contribution < 1.29 is 57.3 Å². The van der Waals surface area contributed by atoms with Gasteiger partial charge in [0.05, 0.1) is 31.4 Å². The summed E-state index contributed by atoms with van der Waals surface area (Å²) in [6.45, 7) is -1.53. The number of aliphatic hydroxyl groups excluding tert-OH is 3. The van der Waals surface area contributed by atoms with E-state index in [2.05, 4.69) is 30.0 Å². The number of nitrogen functional groups attached to an aromatic ring is 1. The summed E-state index contributed by atoms with van der Waals surface area (Å²) in [6, 6.07) is 0. The number of phosphoric acid groups is 1. The number of aromatic nitrogens is 8. The van der Waals surface area contributed by atoms with E-state index in [9.17, 15) is 39.0 Å². The molecule has 0 saturated carbocycles. The number of phosphoric ester groups is 1. The van der Waals surface area contributed by atoms with E-state index >= 15 is 0 Å². The van der Waals surface area contributed by atoms with Gasteiger partial charge in [0, 0.05) is 4.57 Å². The van der Waals surface area contributed by atoms with Gasteiger partial charge in [-0.15, -0.1) is 9.42 Å². The molecule has 44 heavy (non-hydrogen) atoms. The van der Waals surface area contributed by atoms with Gasteiger partial charge in [-0.1, -0.05) is 0 Å². The van der Waals surface area contributed by atoms with E-state index in [0.717, 1.165) is 17.2 Å². The third-order valence-electron chi connectivity index (χ3n) is 6.98. The van der Waals surface area contributed by atoms with Gasteiger partial charge in [0.15, 0.2) is 23.8 Å². The Morgan fingerprint density at radius 1 is 1.11 bits per heavy atom. The van der Waals surface area contributed by atoms with Crippen LogP contribution in [0, 0.1) is 0 Å². The second-order valence-corrected chi connectivity index (χ2v) is 11.7. The highest BCUT2D eigenvalue weighted by Crippen LogP contribution is 2.51. The number of H-pyrrole nitrogens is 1. The Labute approximate surface area is 244 Å². The third kappa shape index (κ3) is 5.51. The summed E-state index contributed by atoms with van der Waals surface area (Å²) in [6.07, 6.45) is -7.25. The molecule has 2 fully saturated rings. The van der Waals surface area contributed by atoms with Crippen LogP contribution in [0.3, 0.4) is 0 Å². The molecule has 0 amide bonds. The number of ether oxygens (including phenoxy) is 2. The summed E-state index contributed by atoms with van der Waals surface area (Å²) in [4.78, 5) is 50.3. The first-order valence-electron chi connectivity index (χ1n) is 12.6. The van der Waals surface area contributed by atoms with E-state index in [1.807, 2.05) is 0 Å². The van der Waals surface area contributed by atoms with Gasteiger partial charge >= 0.3 is 16.1 Å². The van der Waals surface area contributed by atoms with Crippen LogP contribution in [-0.2, 0) is 32.2 Å². The lowest BCUT2D eigenvalue weighted by atomic mass is 10.1. The van der Waals surface area contributed by atoms with Gasteiger partial charge < -0.3 is 40.4 Å². The lowest BCUT2D eigenvalue weighted by Crippen LogP contribution is -2.36. The number of anilines is 1. The number of nitrogens with one attached hydrogen (secondary N) is 1. The van der Waals surface area contributed by atoms with Crippen LogP contribution in [-0.4, -0.2) is 114 Å². The molecule has 24 heteroatoms. The molecule has 6 rings (SSSR count). The van der Waals surface area contributed by atoms with Crippen LogP contribution in [0.15, 0.2) is 30.0 Å². The highest BCUT2D eigenvalue weighted by molar-refractivity contribution is 7.47. The number of fused-ring (bicyclic) bond motifs is 2. The molecule has 4 aromatic rings. The summed E-state index contributed by atoms with van der Waals surface area (Å²) < 4.78 is 53.7. The molecule has 22 nitrogen and oxygen atoms in total. The molecular formula is C20H24N9O13P2+. The fraction of sp³-hybridized carbons (Fsp3) is 0.500. The Morgan fingerprint density at radius 3 is 2.66 bits per heavy atom. The maximum absolute atomic E-state index is 13.1. The van der Waals surface area contributed by atoms with Crippen molar-refractivity contribution in [3.8, 4) is 0 Å². The highest BCUT2D eigenvalue weighted by atomic mass is 31.2. The molecule has 4 aromatic heterocycles. The Hall–Kier alpha value is -3.37. The van der Waals surface area contributed by atoms with Crippen LogP contribution in [0.2, 0.25) is 0 Å². The molecular weight excluding hydrogens is 636 g/mol. The third-order valence-corrected chi connectivity index (χ3v) is 8.39. The van der Waals surface area contributed by atoms with E-state index in [1.165, 1.54) is 17.1 Å². The molecule has 0 spiro atoms. The van der Waals surface area contributed by atoms with Crippen molar-refractivity contribution in [2.45, 2.75) is 49.0 Å². The van der Waals surface area contributed by atoms with Crippen LogP contribution in [0.5, 0.6) is 0 Å². The molecule has 0 aromatic carbocycles. The number of hydrogen-bond donors (Lipinski definition) is 7. The zero-order valence-electron chi connectivity index (χ0n) is 21.9. The first-order chi connectivity index (χ1) is 21.0. The monoisotopic (exact) mass is 660 g/mol. The normalized spacial score (nSPS) is 30.7. The molecule has 2 saturated heterocycles. The van der Waals surface area contributed by atoms with Crippen molar-refractivity contribution in [2.75, 3.05) is 18.9 Å². The number of hydrogen-bond acceptors (Lipinski definition) is 17. The predicted molar refractivity (Wildman–Crippen MR) is 139 cm³/mol. The van der Waals surface area contributed by atoms with Crippen molar-refractivity contribution >= 4 is 38.7 Å². The molecule has 6 heterocycles. The average Bonchev–Trinajstić information content (AvgIpc) is 3.74. The molecule has 2 aliphatic rings. The number of rotatable bonds is 10. The summed E-state index contributed by atoms with van der Waals surface area (Å²) in [5.74, 6) is 0.0389. The molecule has 10 atom stereocenters. The number of aliphatic hydroxyl groups is 3. The topological polar surface area (TPSA) is 314 Å².